The third kappa shape index (κ3) is 2.46. The highest BCUT2D eigenvalue weighted by Gasteiger charge is 2.61. The first-order chi connectivity index (χ1) is 12.2. The first-order valence-electron chi connectivity index (χ1n) is 11.1. The lowest BCUT2D eigenvalue weighted by atomic mass is 9.45. The van der Waals surface area contributed by atoms with Crippen molar-refractivity contribution in [2.45, 2.75) is 79.2 Å². The zero-order chi connectivity index (χ0) is 18.9. The molecule has 2 nitrogen and oxygen atoms in total. The molecule has 3 saturated carbocycles. The number of hydrogen-bond acceptors (Lipinski definition) is 1. The van der Waals surface area contributed by atoms with Crippen molar-refractivity contribution in [3.05, 3.63) is 12.2 Å². The van der Waals surface area contributed by atoms with Crippen LogP contribution in [0, 0.1) is 46.3 Å². The quantitative estimate of drug-likeness (QED) is 0.636. The Kier molecular flexibility index (Phi) is 4.36. The molecule has 2 heteroatoms. The molecule has 0 aromatic rings. The van der Waals surface area contributed by atoms with Crippen molar-refractivity contribution < 1.29 is 4.79 Å². The largest absolute Gasteiger partial charge is 0.338 e. The van der Waals surface area contributed by atoms with Crippen LogP contribution in [0.25, 0.3) is 0 Å². The molecule has 0 aromatic carbocycles. The van der Waals surface area contributed by atoms with E-state index in [0.717, 1.165) is 35.5 Å². The maximum absolute atomic E-state index is 12.3. The summed E-state index contributed by atoms with van der Waals surface area (Å²) < 4.78 is 0. The summed E-state index contributed by atoms with van der Waals surface area (Å²) in [7, 11) is 2.03. The summed E-state index contributed by atoms with van der Waals surface area (Å²) in [6, 6.07) is 0.397. The fourth-order valence-electron chi connectivity index (χ4n) is 8.12. The summed E-state index contributed by atoms with van der Waals surface area (Å²) in [6.07, 6.45) is 12.4. The van der Waals surface area contributed by atoms with Crippen LogP contribution in [0.4, 0.5) is 0 Å². The Bertz CT molecular complexity index is 609. The molecular formula is C24H39NO. The number of carbonyl (C=O) groups excluding carboxylic acids is 1. The van der Waals surface area contributed by atoms with E-state index in [1.54, 1.807) is 0 Å². The standard InChI is InChI=1S/C24H39NO/c1-15(2)13-17-7-8-18-22-16(3)14-20-24(5,12-10-21(26)25(20)6)19(22)9-11-23(17,18)4/h10,12,15-20,22H,7-9,11,13-14H2,1-6H3/t16?,17?,18-,19+,20?,22-,23+,24+/m0/s1. The van der Waals surface area contributed by atoms with E-state index in [1.165, 1.54) is 38.5 Å². The van der Waals surface area contributed by atoms with Gasteiger partial charge in [-0.3, -0.25) is 4.79 Å². The lowest BCUT2D eigenvalue weighted by Gasteiger charge is -2.62. The van der Waals surface area contributed by atoms with Crippen LogP contribution in [-0.2, 0) is 4.79 Å². The number of carbonyl (C=O) groups is 1. The van der Waals surface area contributed by atoms with Gasteiger partial charge in [-0.1, -0.05) is 40.7 Å². The first-order valence-corrected chi connectivity index (χ1v) is 11.1. The van der Waals surface area contributed by atoms with Gasteiger partial charge in [0.05, 0.1) is 0 Å². The monoisotopic (exact) mass is 357 g/mol. The van der Waals surface area contributed by atoms with Crippen molar-refractivity contribution in [3.63, 3.8) is 0 Å². The molecule has 146 valence electrons. The Balaban J connectivity index is 1.67. The van der Waals surface area contributed by atoms with E-state index in [0.29, 0.717) is 11.5 Å². The molecule has 0 bridgehead atoms. The molecule has 8 atom stereocenters. The molecule has 26 heavy (non-hydrogen) atoms. The summed E-state index contributed by atoms with van der Waals surface area (Å²) in [4.78, 5) is 14.3. The van der Waals surface area contributed by atoms with Gasteiger partial charge in [-0.25, -0.2) is 0 Å². The molecule has 1 amide bonds. The van der Waals surface area contributed by atoms with Crippen LogP contribution in [0.15, 0.2) is 12.2 Å². The molecule has 3 fully saturated rings. The Hall–Kier alpha value is -0.790. The molecule has 0 saturated heterocycles. The van der Waals surface area contributed by atoms with Gasteiger partial charge in [-0.05, 0) is 85.5 Å². The predicted molar refractivity (Wildman–Crippen MR) is 108 cm³/mol. The topological polar surface area (TPSA) is 20.3 Å². The summed E-state index contributed by atoms with van der Waals surface area (Å²) in [5, 5.41) is 0. The summed E-state index contributed by atoms with van der Waals surface area (Å²) in [5.41, 5.74) is 0.736. The molecule has 0 radical (unpaired) electrons. The molecule has 3 aliphatic carbocycles. The Morgan fingerprint density at radius 3 is 2.62 bits per heavy atom. The van der Waals surface area contributed by atoms with E-state index >= 15 is 0 Å². The molecule has 3 unspecified atom stereocenters. The number of nitrogens with zero attached hydrogens (tertiary/aromatic N) is 1. The van der Waals surface area contributed by atoms with Gasteiger partial charge in [0.15, 0.2) is 0 Å². The average Bonchev–Trinajstić information content (AvgIpc) is 2.90. The van der Waals surface area contributed by atoms with Gasteiger partial charge in [0, 0.05) is 18.5 Å². The molecule has 0 spiro atoms. The Morgan fingerprint density at radius 1 is 1.19 bits per heavy atom. The van der Waals surface area contributed by atoms with E-state index in [2.05, 4.69) is 45.6 Å². The van der Waals surface area contributed by atoms with E-state index in [-0.39, 0.29) is 11.3 Å². The minimum absolute atomic E-state index is 0.178. The second-order valence-corrected chi connectivity index (χ2v) is 11.1. The zero-order valence-corrected chi connectivity index (χ0v) is 17.8. The highest BCUT2D eigenvalue weighted by Crippen LogP contribution is 2.67. The second kappa shape index (κ2) is 6.11. The smallest absolute Gasteiger partial charge is 0.246 e. The lowest BCUT2D eigenvalue weighted by molar-refractivity contribution is -0.144. The van der Waals surface area contributed by atoms with Crippen LogP contribution < -0.4 is 0 Å². The minimum Gasteiger partial charge on any atom is -0.338 e. The molecule has 4 aliphatic rings. The van der Waals surface area contributed by atoms with E-state index in [1.807, 2.05) is 13.1 Å². The molecule has 1 heterocycles. The molecule has 0 N–H and O–H groups in total. The second-order valence-electron chi connectivity index (χ2n) is 11.1. The zero-order valence-electron chi connectivity index (χ0n) is 17.8. The van der Waals surface area contributed by atoms with Gasteiger partial charge in [0.2, 0.25) is 5.91 Å². The van der Waals surface area contributed by atoms with E-state index in [4.69, 9.17) is 0 Å². The van der Waals surface area contributed by atoms with Gasteiger partial charge in [0.25, 0.3) is 0 Å². The maximum Gasteiger partial charge on any atom is 0.246 e. The van der Waals surface area contributed by atoms with Crippen LogP contribution in [0.2, 0.25) is 0 Å². The number of rotatable bonds is 2. The van der Waals surface area contributed by atoms with Crippen LogP contribution in [-0.4, -0.2) is 23.9 Å². The van der Waals surface area contributed by atoms with Crippen LogP contribution >= 0.6 is 0 Å². The third-order valence-electron chi connectivity index (χ3n) is 9.45. The fraction of sp³-hybridized carbons (Fsp3) is 0.875. The molecule has 0 aromatic heterocycles. The number of fused-ring (bicyclic) bond motifs is 5. The van der Waals surface area contributed by atoms with Crippen LogP contribution in [0.1, 0.15) is 73.1 Å². The summed E-state index contributed by atoms with van der Waals surface area (Å²) >= 11 is 0. The van der Waals surface area contributed by atoms with Gasteiger partial charge in [-0.2, -0.15) is 0 Å². The Labute approximate surface area is 160 Å². The number of hydrogen-bond donors (Lipinski definition) is 0. The molecule has 1 aliphatic heterocycles. The Morgan fingerprint density at radius 2 is 1.92 bits per heavy atom. The average molecular weight is 358 g/mol. The highest BCUT2D eigenvalue weighted by atomic mass is 16.2. The molecule has 4 rings (SSSR count). The summed E-state index contributed by atoms with van der Waals surface area (Å²) in [5.74, 6) is 5.18. The summed E-state index contributed by atoms with van der Waals surface area (Å²) in [6.45, 7) is 12.4. The van der Waals surface area contributed by atoms with Crippen molar-refractivity contribution in [1.29, 1.82) is 0 Å². The lowest BCUT2D eigenvalue weighted by Crippen LogP contribution is -2.61. The van der Waals surface area contributed by atoms with Crippen molar-refractivity contribution in [2.24, 2.45) is 46.3 Å². The van der Waals surface area contributed by atoms with Gasteiger partial charge in [-0.15, -0.1) is 0 Å². The first kappa shape index (κ1) is 18.6. The van der Waals surface area contributed by atoms with E-state index < -0.39 is 0 Å². The van der Waals surface area contributed by atoms with Crippen molar-refractivity contribution in [1.82, 2.24) is 4.90 Å². The molecular weight excluding hydrogens is 318 g/mol. The fourth-order valence-corrected chi connectivity index (χ4v) is 8.12. The SMILES string of the molecule is CC(C)CC1CC[C@H]2[C@@H]3C(C)CC4N(C)C(=O)C=C[C@]4(C)[C@@H]3CC[C@]12C. The van der Waals surface area contributed by atoms with Gasteiger partial charge >= 0.3 is 0 Å². The van der Waals surface area contributed by atoms with Crippen molar-refractivity contribution in [3.8, 4) is 0 Å². The number of likely N-dealkylation sites (N-methyl/N-ethyl adjacent to an activating group) is 1. The van der Waals surface area contributed by atoms with Crippen LogP contribution in [0.5, 0.6) is 0 Å². The predicted octanol–water partition coefficient (Wildman–Crippen LogP) is 5.53. The highest BCUT2D eigenvalue weighted by molar-refractivity contribution is 5.89. The van der Waals surface area contributed by atoms with E-state index in [9.17, 15) is 4.79 Å². The minimum atomic E-state index is 0.178. The van der Waals surface area contributed by atoms with Crippen molar-refractivity contribution in [2.75, 3.05) is 7.05 Å². The van der Waals surface area contributed by atoms with Gasteiger partial charge < -0.3 is 4.90 Å². The normalized spacial score (nSPS) is 50.6. The van der Waals surface area contributed by atoms with Crippen molar-refractivity contribution >= 4 is 5.91 Å². The van der Waals surface area contributed by atoms with Gasteiger partial charge in [0.1, 0.15) is 0 Å². The number of amides is 1. The maximum atomic E-state index is 12.3. The third-order valence-corrected chi connectivity index (χ3v) is 9.45. The van der Waals surface area contributed by atoms with Crippen LogP contribution in [0.3, 0.4) is 0 Å².